The minimum absolute atomic E-state index is 0. The molecule has 1 aliphatic heterocycles. The van der Waals surface area contributed by atoms with Crippen molar-refractivity contribution < 1.29 is 4.74 Å². The van der Waals surface area contributed by atoms with E-state index >= 15 is 0 Å². The minimum atomic E-state index is 0. The molecule has 2 N–H and O–H groups in total. The van der Waals surface area contributed by atoms with Crippen LogP contribution in [0.5, 0.6) is 0 Å². The van der Waals surface area contributed by atoms with Crippen LogP contribution in [0.4, 0.5) is 0 Å². The molecule has 0 amide bonds. The molecular weight excluding hydrogens is 401 g/mol. The molecule has 0 aromatic heterocycles. The predicted octanol–water partition coefficient (Wildman–Crippen LogP) is 4.19. The van der Waals surface area contributed by atoms with Gasteiger partial charge in [-0.2, -0.15) is 0 Å². The van der Waals surface area contributed by atoms with Crippen molar-refractivity contribution >= 4 is 29.9 Å². The van der Waals surface area contributed by atoms with Crippen LogP contribution in [-0.4, -0.2) is 38.8 Å². The average molecular weight is 439 g/mol. The maximum Gasteiger partial charge on any atom is 0.190 e. The number of nitrogens with one attached hydrogen (secondary N) is 2. The molecule has 0 aromatic carbocycles. The summed E-state index contributed by atoms with van der Waals surface area (Å²) in [5.74, 6) is 1.49. The van der Waals surface area contributed by atoms with E-state index in [2.05, 4.69) is 43.3 Å². The van der Waals surface area contributed by atoms with Crippen molar-refractivity contribution in [1.29, 1.82) is 0 Å². The van der Waals surface area contributed by atoms with Gasteiger partial charge in [-0.15, -0.1) is 24.0 Å². The lowest BCUT2D eigenvalue weighted by Crippen LogP contribution is -2.47. The van der Waals surface area contributed by atoms with E-state index in [1.54, 1.807) is 0 Å². The summed E-state index contributed by atoms with van der Waals surface area (Å²) in [7, 11) is 1.85. The molecule has 1 heterocycles. The lowest BCUT2D eigenvalue weighted by Gasteiger charge is -2.40. The van der Waals surface area contributed by atoms with Crippen LogP contribution >= 0.6 is 24.0 Å². The number of hydrogen-bond acceptors (Lipinski definition) is 2. The molecule has 138 valence electrons. The molecule has 2 atom stereocenters. The molecule has 0 bridgehead atoms. The molecule has 0 radical (unpaired) electrons. The normalized spacial score (nSPS) is 22.4. The van der Waals surface area contributed by atoms with Crippen LogP contribution in [0.3, 0.4) is 0 Å². The van der Waals surface area contributed by atoms with Crippen LogP contribution in [0, 0.1) is 11.3 Å². The topological polar surface area (TPSA) is 45.7 Å². The number of rotatable bonds is 7. The summed E-state index contributed by atoms with van der Waals surface area (Å²) in [5.41, 5.74) is 0.198. The van der Waals surface area contributed by atoms with E-state index in [4.69, 9.17) is 4.74 Å². The first-order chi connectivity index (χ1) is 10.5. The first-order valence-electron chi connectivity index (χ1n) is 9.05. The number of nitrogens with zero attached hydrogens (tertiary/aromatic N) is 1. The molecule has 4 nitrogen and oxygen atoms in total. The van der Waals surface area contributed by atoms with E-state index in [1.807, 2.05) is 7.05 Å². The van der Waals surface area contributed by atoms with Crippen molar-refractivity contribution in [2.75, 3.05) is 26.7 Å². The fourth-order valence-corrected chi connectivity index (χ4v) is 3.22. The predicted molar refractivity (Wildman–Crippen MR) is 111 cm³/mol. The number of ether oxygens (including phenoxy) is 1. The van der Waals surface area contributed by atoms with Crippen LogP contribution in [0.1, 0.15) is 66.2 Å². The Bertz CT molecular complexity index is 329. The summed E-state index contributed by atoms with van der Waals surface area (Å²) in [6.45, 7) is 11.9. The highest BCUT2D eigenvalue weighted by Crippen LogP contribution is 2.33. The summed E-state index contributed by atoms with van der Waals surface area (Å²) in [6, 6.07) is 0. The molecule has 2 unspecified atom stereocenters. The second-order valence-electron chi connectivity index (χ2n) is 7.50. The summed E-state index contributed by atoms with van der Waals surface area (Å²) in [5, 5.41) is 6.91. The van der Waals surface area contributed by atoms with Crippen molar-refractivity contribution in [3.63, 3.8) is 0 Å². The van der Waals surface area contributed by atoms with Crippen molar-refractivity contribution in [1.82, 2.24) is 10.6 Å². The molecule has 1 aliphatic rings. The van der Waals surface area contributed by atoms with E-state index in [0.29, 0.717) is 12.0 Å². The van der Waals surface area contributed by atoms with Crippen LogP contribution in [-0.2, 0) is 4.74 Å². The fraction of sp³-hybridized carbons (Fsp3) is 0.944. The van der Waals surface area contributed by atoms with Crippen molar-refractivity contribution in [2.45, 2.75) is 72.3 Å². The van der Waals surface area contributed by atoms with Crippen LogP contribution < -0.4 is 10.6 Å². The Morgan fingerprint density at radius 3 is 2.52 bits per heavy atom. The van der Waals surface area contributed by atoms with Crippen LogP contribution in [0.15, 0.2) is 4.99 Å². The zero-order chi connectivity index (χ0) is 16.4. The fourth-order valence-electron chi connectivity index (χ4n) is 3.22. The summed E-state index contributed by atoms with van der Waals surface area (Å²) < 4.78 is 6.05. The average Bonchev–Trinajstić information content (AvgIpc) is 2.49. The summed E-state index contributed by atoms with van der Waals surface area (Å²) in [4.78, 5) is 4.33. The minimum Gasteiger partial charge on any atom is -0.377 e. The Kier molecular flexibility index (Phi) is 12.3. The zero-order valence-electron chi connectivity index (χ0n) is 15.8. The first-order valence-corrected chi connectivity index (χ1v) is 9.05. The Morgan fingerprint density at radius 2 is 1.91 bits per heavy atom. The van der Waals surface area contributed by atoms with Gasteiger partial charge in [0, 0.05) is 32.7 Å². The number of halogens is 1. The third kappa shape index (κ3) is 9.13. The standard InChI is InChI=1S/C18H37N3O.HI/c1-6-7-8-9-12-20-17(19-5)21-14-15-11-10-13-22-16(15)18(2,3)4;/h15-16H,6-14H2,1-5H3,(H2,19,20,21);1H. The molecule has 0 saturated carbocycles. The quantitative estimate of drug-likeness (QED) is 0.271. The highest BCUT2D eigenvalue weighted by molar-refractivity contribution is 14.0. The third-order valence-electron chi connectivity index (χ3n) is 4.38. The molecule has 1 fully saturated rings. The lowest BCUT2D eigenvalue weighted by molar-refractivity contribution is -0.0835. The molecule has 0 aromatic rings. The molecule has 0 spiro atoms. The van der Waals surface area contributed by atoms with E-state index in [-0.39, 0.29) is 29.4 Å². The summed E-state index contributed by atoms with van der Waals surface area (Å²) in [6.07, 6.45) is 7.85. The molecular formula is C18H38IN3O. The number of hydrogen-bond donors (Lipinski definition) is 2. The van der Waals surface area contributed by atoms with Gasteiger partial charge in [-0.1, -0.05) is 47.0 Å². The Hall–Kier alpha value is -0.0400. The van der Waals surface area contributed by atoms with Crippen molar-refractivity contribution in [3.05, 3.63) is 0 Å². The highest BCUT2D eigenvalue weighted by Gasteiger charge is 2.35. The van der Waals surface area contributed by atoms with Gasteiger partial charge in [-0.3, -0.25) is 4.99 Å². The Labute approximate surface area is 160 Å². The van der Waals surface area contributed by atoms with Gasteiger partial charge in [-0.05, 0) is 24.7 Å². The maximum absolute atomic E-state index is 6.05. The van der Waals surface area contributed by atoms with Gasteiger partial charge in [0.25, 0.3) is 0 Å². The van der Waals surface area contributed by atoms with Gasteiger partial charge in [0.2, 0.25) is 0 Å². The van der Waals surface area contributed by atoms with Crippen molar-refractivity contribution in [2.24, 2.45) is 16.3 Å². The largest absolute Gasteiger partial charge is 0.377 e. The number of aliphatic imine (C=N–C) groups is 1. The Balaban J connectivity index is 0.00000484. The molecule has 5 heteroatoms. The highest BCUT2D eigenvalue weighted by atomic mass is 127. The van der Waals surface area contributed by atoms with Gasteiger partial charge in [0.05, 0.1) is 6.10 Å². The van der Waals surface area contributed by atoms with Gasteiger partial charge in [0.15, 0.2) is 5.96 Å². The molecule has 1 rings (SSSR count). The van der Waals surface area contributed by atoms with Gasteiger partial charge in [-0.25, -0.2) is 0 Å². The van der Waals surface area contributed by atoms with E-state index < -0.39 is 0 Å². The van der Waals surface area contributed by atoms with Gasteiger partial charge in [0.1, 0.15) is 0 Å². The molecule has 0 aliphatic carbocycles. The third-order valence-corrected chi connectivity index (χ3v) is 4.38. The van der Waals surface area contributed by atoms with Gasteiger partial charge < -0.3 is 15.4 Å². The molecule has 1 saturated heterocycles. The monoisotopic (exact) mass is 439 g/mol. The zero-order valence-corrected chi connectivity index (χ0v) is 18.1. The SMILES string of the molecule is CCCCCCNC(=NC)NCC1CCCOC1C(C)(C)C.I. The van der Waals surface area contributed by atoms with E-state index in [1.165, 1.54) is 38.5 Å². The second kappa shape index (κ2) is 12.3. The number of unbranched alkanes of at least 4 members (excludes halogenated alkanes) is 3. The maximum atomic E-state index is 6.05. The number of guanidine groups is 1. The second-order valence-corrected chi connectivity index (χ2v) is 7.50. The van der Waals surface area contributed by atoms with Gasteiger partial charge >= 0.3 is 0 Å². The van der Waals surface area contributed by atoms with E-state index in [0.717, 1.165) is 25.7 Å². The first kappa shape index (κ1) is 23.0. The smallest absolute Gasteiger partial charge is 0.190 e. The molecule has 23 heavy (non-hydrogen) atoms. The Morgan fingerprint density at radius 1 is 1.17 bits per heavy atom. The van der Waals surface area contributed by atoms with E-state index in [9.17, 15) is 0 Å². The van der Waals surface area contributed by atoms with Crippen LogP contribution in [0.25, 0.3) is 0 Å². The van der Waals surface area contributed by atoms with Crippen molar-refractivity contribution in [3.8, 4) is 0 Å². The lowest BCUT2D eigenvalue weighted by atomic mass is 9.78. The van der Waals surface area contributed by atoms with Crippen LogP contribution in [0.2, 0.25) is 0 Å². The summed E-state index contributed by atoms with van der Waals surface area (Å²) >= 11 is 0.